The van der Waals surface area contributed by atoms with Crippen LogP contribution >= 0.6 is 11.6 Å². The number of hydrogen-bond acceptors (Lipinski definition) is 0. The largest absolute Gasteiger partial charge is 0.0843 e. The molecule has 3 rings (SSSR count). The second kappa shape index (κ2) is 11.5. The van der Waals surface area contributed by atoms with Gasteiger partial charge in [-0.3, -0.25) is 0 Å². The lowest BCUT2D eigenvalue weighted by atomic mass is 9.68. The summed E-state index contributed by atoms with van der Waals surface area (Å²) in [4.78, 5) is 0. The highest BCUT2D eigenvalue weighted by Gasteiger charge is 2.30. The molecule has 0 radical (unpaired) electrons. The number of unbranched alkanes of at least 4 members (excludes halogenated alkanes) is 3. The third-order valence-electron chi connectivity index (χ3n) is 7.67. The zero-order valence-corrected chi connectivity index (χ0v) is 18.4. The molecule has 0 N–H and O–H groups in total. The van der Waals surface area contributed by atoms with Crippen LogP contribution in [0.1, 0.15) is 102 Å². The van der Waals surface area contributed by atoms with Crippen molar-refractivity contribution in [2.45, 2.75) is 103 Å². The van der Waals surface area contributed by atoms with Gasteiger partial charge in [0.05, 0.1) is 0 Å². The summed E-state index contributed by atoms with van der Waals surface area (Å²) < 4.78 is 0. The van der Waals surface area contributed by atoms with Crippen LogP contribution in [0.5, 0.6) is 0 Å². The van der Waals surface area contributed by atoms with Crippen molar-refractivity contribution in [2.24, 2.45) is 23.7 Å². The zero-order valence-electron chi connectivity index (χ0n) is 17.6. The quantitative estimate of drug-likeness (QED) is 0.370. The fraction of sp³-hybridized carbons (Fsp3) is 0.769. The van der Waals surface area contributed by atoms with E-state index in [2.05, 4.69) is 19.1 Å². The lowest BCUT2D eigenvalue weighted by molar-refractivity contribution is 0.140. The maximum Gasteiger partial charge on any atom is 0.0406 e. The summed E-state index contributed by atoms with van der Waals surface area (Å²) in [6, 6.07) is 8.48. The monoisotopic (exact) mass is 388 g/mol. The van der Waals surface area contributed by atoms with E-state index in [9.17, 15) is 0 Å². The molecule has 0 saturated heterocycles. The number of aryl methyl sites for hydroxylation is 1. The number of hydrogen-bond donors (Lipinski definition) is 0. The fourth-order valence-corrected chi connectivity index (χ4v) is 5.90. The second-order valence-corrected chi connectivity index (χ2v) is 10.0. The van der Waals surface area contributed by atoms with Gasteiger partial charge in [-0.15, -0.1) is 0 Å². The van der Waals surface area contributed by atoms with Crippen LogP contribution < -0.4 is 0 Å². The average Bonchev–Trinajstić information content (AvgIpc) is 2.72. The van der Waals surface area contributed by atoms with E-state index in [4.69, 9.17) is 11.6 Å². The Labute approximate surface area is 173 Å². The Balaban J connectivity index is 1.30. The molecule has 0 nitrogen and oxygen atoms in total. The van der Waals surface area contributed by atoms with E-state index in [1.165, 1.54) is 89.0 Å². The lowest BCUT2D eigenvalue weighted by Crippen LogP contribution is -2.26. The molecule has 152 valence electrons. The Kier molecular flexibility index (Phi) is 9.04. The minimum Gasteiger partial charge on any atom is -0.0843 e. The van der Waals surface area contributed by atoms with Gasteiger partial charge in [-0.2, -0.15) is 0 Å². The van der Waals surface area contributed by atoms with E-state index in [0.29, 0.717) is 0 Å². The van der Waals surface area contributed by atoms with E-state index in [1.807, 2.05) is 12.1 Å². The molecule has 0 spiro atoms. The van der Waals surface area contributed by atoms with Crippen molar-refractivity contribution in [2.75, 3.05) is 0 Å². The summed E-state index contributed by atoms with van der Waals surface area (Å²) in [6.07, 6.45) is 22.0. The van der Waals surface area contributed by atoms with Crippen LogP contribution in [0.4, 0.5) is 0 Å². The molecule has 0 aliphatic heterocycles. The Morgan fingerprint density at radius 3 is 1.81 bits per heavy atom. The van der Waals surface area contributed by atoms with Gasteiger partial charge in [0.2, 0.25) is 0 Å². The molecule has 0 atom stereocenters. The van der Waals surface area contributed by atoms with Crippen LogP contribution in [-0.4, -0.2) is 0 Å². The number of halogens is 1. The van der Waals surface area contributed by atoms with Crippen LogP contribution in [-0.2, 0) is 6.42 Å². The first-order valence-electron chi connectivity index (χ1n) is 12.0. The van der Waals surface area contributed by atoms with Crippen LogP contribution in [0.15, 0.2) is 24.3 Å². The molecule has 1 aromatic rings. The van der Waals surface area contributed by atoms with Gasteiger partial charge in [0.15, 0.2) is 0 Å². The number of rotatable bonds is 9. The summed E-state index contributed by atoms with van der Waals surface area (Å²) in [6.45, 7) is 2.32. The van der Waals surface area contributed by atoms with Gasteiger partial charge >= 0.3 is 0 Å². The maximum atomic E-state index is 6.00. The molecule has 0 heterocycles. The van der Waals surface area contributed by atoms with E-state index in [1.54, 1.807) is 12.8 Å². The van der Waals surface area contributed by atoms with E-state index >= 15 is 0 Å². The van der Waals surface area contributed by atoms with Crippen LogP contribution in [0.3, 0.4) is 0 Å². The molecular formula is C26H41Cl. The highest BCUT2D eigenvalue weighted by Crippen LogP contribution is 2.43. The maximum absolute atomic E-state index is 6.00. The van der Waals surface area contributed by atoms with Crippen molar-refractivity contribution in [3.05, 3.63) is 34.9 Å². The lowest BCUT2D eigenvalue weighted by Gasteiger charge is -2.38. The van der Waals surface area contributed by atoms with Crippen molar-refractivity contribution in [1.82, 2.24) is 0 Å². The molecule has 2 saturated carbocycles. The molecular weight excluding hydrogens is 348 g/mol. The highest BCUT2D eigenvalue weighted by atomic mass is 35.5. The van der Waals surface area contributed by atoms with Crippen molar-refractivity contribution in [3.8, 4) is 0 Å². The smallest absolute Gasteiger partial charge is 0.0406 e. The predicted octanol–water partition coefficient (Wildman–Crippen LogP) is 8.86. The van der Waals surface area contributed by atoms with Crippen molar-refractivity contribution >= 4 is 11.6 Å². The molecule has 2 fully saturated rings. The Bertz CT molecular complexity index is 504. The van der Waals surface area contributed by atoms with Gasteiger partial charge < -0.3 is 0 Å². The first-order valence-corrected chi connectivity index (χ1v) is 12.4. The summed E-state index contributed by atoms with van der Waals surface area (Å²) >= 11 is 6.00. The standard InChI is InChI=1S/C26H41Cl/c1-2-3-4-5-6-21-9-15-24(16-10-21)25-17-11-22(12-18-25)7-8-23-13-19-26(27)20-14-23/h13-14,19-22,24-25H,2-12,15-18H2,1H3/t21-,22-,24-,25-. The van der Waals surface area contributed by atoms with Gasteiger partial charge in [0, 0.05) is 5.02 Å². The Hall–Kier alpha value is -0.490. The van der Waals surface area contributed by atoms with Gasteiger partial charge in [-0.25, -0.2) is 0 Å². The topological polar surface area (TPSA) is 0 Å². The first-order chi connectivity index (χ1) is 13.2. The van der Waals surface area contributed by atoms with Crippen LogP contribution in [0, 0.1) is 23.7 Å². The van der Waals surface area contributed by atoms with E-state index in [-0.39, 0.29) is 0 Å². The predicted molar refractivity (Wildman–Crippen MR) is 119 cm³/mol. The molecule has 0 unspecified atom stereocenters. The summed E-state index contributed by atoms with van der Waals surface area (Å²) in [5.74, 6) is 4.15. The molecule has 0 amide bonds. The van der Waals surface area contributed by atoms with E-state index in [0.717, 1.165) is 28.7 Å². The van der Waals surface area contributed by atoms with Crippen molar-refractivity contribution in [1.29, 1.82) is 0 Å². The summed E-state index contributed by atoms with van der Waals surface area (Å²) in [7, 11) is 0. The van der Waals surface area contributed by atoms with Gasteiger partial charge in [-0.1, -0.05) is 88.4 Å². The minimum absolute atomic E-state index is 0.856. The molecule has 1 heteroatoms. The third kappa shape index (κ3) is 7.12. The molecule has 2 aliphatic rings. The molecule has 2 aliphatic carbocycles. The fourth-order valence-electron chi connectivity index (χ4n) is 5.78. The average molecular weight is 389 g/mol. The van der Waals surface area contributed by atoms with Crippen molar-refractivity contribution < 1.29 is 0 Å². The highest BCUT2D eigenvalue weighted by molar-refractivity contribution is 6.30. The van der Waals surface area contributed by atoms with Crippen LogP contribution in [0.2, 0.25) is 5.02 Å². The van der Waals surface area contributed by atoms with Gasteiger partial charge in [0.1, 0.15) is 0 Å². The molecule has 27 heavy (non-hydrogen) atoms. The van der Waals surface area contributed by atoms with Gasteiger partial charge in [-0.05, 0) is 79.9 Å². The number of benzene rings is 1. The van der Waals surface area contributed by atoms with Crippen molar-refractivity contribution in [3.63, 3.8) is 0 Å². The van der Waals surface area contributed by atoms with Gasteiger partial charge in [0.25, 0.3) is 0 Å². The normalized spacial score (nSPS) is 29.0. The summed E-state index contributed by atoms with van der Waals surface area (Å²) in [5.41, 5.74) is 1.46. The molecule has 0 aromatic heterocycles. The first kappa shape index (κ1) is 21.2. The molecule has 1 aromatic carbocycles. The molecule has 0 bridgehead atoms. The minimum atomic E-state index is 0.856. The second-order valence-electron chi connectivity index (χ2n) is 9.58. The third-order valence-corrected chi connectivity index (χ3v) is 7.92. The van der Waals surface area contributed by atoms with E-state index < -0.39 is 0 Å². The Morgan fingerprint density at radius 1 is 0.704 bits per heavy atom. The Morgan fingerprint density at radius 2 is 1.26 bits per heavy atom. The zero-order chi connectivity index (χ0) is 18.9. The SMILES string of the molecule is CCCCCC[C@H]1CC[C@H]([C@H]2CC[C@H](CCc3ccc(Cl)cc3)CC2)CC1. The van der Waals surface area contributed by atoms with Crippen LogP contribution in [0.25, 0.3) is 0 Å². The summed E-state index contributed by atoms with van der Waals surface area (Å²) in [5, 5.41) is 0.856.